The molecule has 3 N–H and O–H groups in total. The lowest BCUT2D eigenvalue weighted by molar-refractivity contribution is 0.0696. The first-order valence-corrected chi connectivity index (χ1v) is 3.62. The molecule has 13 heavy (non-hydrogen) atoms. The summed E-state index contributed by atoms with van der Waals surface area (Å²) in [6.07, 6.45) is 2.82. The van der Waals surface area contributed by atoms with E-state index >= 15 is 0 Å². The van der Waals surface area contributed by atoms with Gasteiger partial charge in [0, 0.05) is 12.4 Å². The number of pyridine rings is 1. The van der Waals surface area contributed by atoms with E-state index in [4.69, 9.17) is 10.8 Å². The van der Waals surface area contributed by atoms with Crippen molar-refractivity contribution in [2.75, 3.05) is 6.54 Å². The normalized spacial score (nSPS) is 8.69. The van der Waals surface area contributed by atoms with Crippen LogP contribution >= 0.6 is 0 Å². The van der Waals surface area contributed by atoms with E-state index in [0.29, 0.717) is 5.56 Å². The quantitative estimate of drug-likeness (QED) is 0.594. The van der Waals surface area contributed by atoms with Gasteiger partial charge in [-0.3, -0.25) is 4.98 Å². The fourth-order valence-electron chi connectivity index (χ4n) is 0.827. The van der Waals surface area contributed by atoms with Crippen LogP contribution in [-0.2, 0) is 0 Å². The van der Waals surface area contributed by atoms with Crippen molar-refractivity contribution in [2.24, 2.45) is 5.73 Å². The van der Waals surface area contributed by atoms with Crippen molar-refractivity contribution in [1.29, 1.82) is 0 Å². The number of carboxylic acids is 1. The number of carbonyl (C=O) groups is 1. The van der Waals surface area contributed by atoms with E-state index in [1.54, 1.807) is 0 Å². The number of nitrogens with zero attached hydrogens (tertiary/aromatic N) is 1. The van der Waals surface area contributed by atoms with Gasteiger partial charge in [0.25, 0.3) is 0 Å². The summed E-state index contributed by atoms with van der Waals surface area (Å²) in [5.74, 6) is 4.20. The number of hydrogen-bond acceptors (Lipinski definition) is 3. The van der Waals surface area contributed by atoms with Crippen LogP contribution < -0.4 is 5.73 Å². The minimum Gasteiger partial charge on any atom is -0.478 e. The van der Waals surface area contributed by atoms with Gasteiger partial charge in [-0.05, 0) is 6.07 Å². The van der Waals surface area contributed by atoms with Crippen molar-refractivity contribution < 1.29 is 9.90 Å². The average Bonchev–Trinajstić information content (AvgIpc) is 2.15. The summed E-state index contributed by atoms with van der Waals surface area (Å²) >= 11 is 0. The first-order chi connectivity index (χ1) is 6.25. The van der Waals surface area contributed by atoms with Crippen LogP contribution in [-0.4, -0.2) is 22.6 Å². The summed E-state index contributed by atoms with van der Waals surface area (Å²) in [4.78, 5) is 14.4. The molecule has 0 aliphatic carbocycles. The molecule has 0 saturated heterocycles. The molecule has 1 aromatic heterocycles. The zero-order valence-corrected chi connectivity index (χ0v) is 6.82. The number of aromatic carboxylic acids is 1. The Morgan fingerprint density at radius 2 is 2.46 bits per heavy atom. The second-order valence-electron chi connectivity index (χ2n) is 2.23. The molecule has 1 rings (SSSR count). The van der Waals surface area contributed by atoms with Crippen molar-refractivity contribution >= 4 is 5.97 Å². The Morgan fingerprint density at radius 3 is 3.08 bits per heavy atom. The summed E-state index contributed by atoms with van der Waals surface area (Å²) < 4.78 is 0. The van der Waals surface area contributed by atoms with Crippen molar-refractivity contribution in [3.8, 4) is 11.8 Å². The SMILES string of the molecule is NCC#Cc1cnccc1C(=O)O. The number of carboxylic acid groups (broad SMARTS) is 1. The second-order valence-corrected chi connectivity index (χ2v) is 2.23. The topological polar surface area (TPSA) is 76.2 Å². The molecule has 0 saturated carbocycles. The Bertz CT molecular complexity index is 377. The van der Waals surface area contributed by atoms with E-state index in [0.717, 1.165) is 0 Å². The van der Waals surface area contributed by atoms with Crippen molar-refractivity contribution in [3.05, 3.63) is 29.6 Å². The van der Waals surface area contributed by atoms with Crippen LogP contribution in [0.15, 0.2) is 18.5 Å². The monoisotopic (exact) mass is 176 g/mol. The van der Waals surface area contributed by atoms with E-state index < -0.39 is 5.97 Å². The van der Waals surface area contributed by atoms with E-state index in [1.165, 1.54) is 18.5 Å². The molecule has 0 aromatic carbocycles. The van der Waals surface area contributed by atoms with Gasteiger partial charge in [0.1, 0.15) is 0 Å². The number of aromatic nitrogens is 1. The van der Waals surface area contributed by atoms with Gasteiger partial charge in [0.2, 0.25) is 0 Å². The van der Waals surface area contributed by atoms with Gasteiger partial charge in [-0.1, -0.05) is 11.8 Å². The first-order valence-electron chi connectivity index (χ1n) is 3.62. The van der Waals surface area contributed by atoms with Crippen LogP contribution in [0.1, 0.15) is 15.9 Å². The highest BCUT2D eigenvalue weighted by Gasteiger charge is 2.06. The molecule has 4 nitrogen and oxygen atoms in total. The van der Waals surface area contributed by atoms with Crippen molar-refractivity contribution in [2.45, 2.75) is 0 Å². The lowest BCUT2D eigenvalue weighted by atomic mass is 10.1. The minimum absolute atomic E-state index is 0.149. The molecule has 0 unspecified atom stereocenters. The Balaban J connectivity index is 3.12. The van der Waals surface area contributed by atoms with Crippen molar-refractivity contribution in [1.82, 2.24) is 4.98 Å². The van der Waals surface area contributed by atoms with E-state index in [-0.39, 0.29) is 12.1 Å². The summed E-state index contributed by atoms with van der Waals surface area (Å²) in [6.45, 7) is 0.202. The van der Waals surface area contributed by atoms with Crippen LogP contribution in [0.25, 0.3) is 0 Å². The van der Waals surface area contributed by atoms with Crippen LogP contribution in [0.5, 0.6) is 0 Å². The highest BCUT2D eigenvalue weighted by Crippen LogP contribution is 2.04. The van der Waals surface area contributed by atoms with Gasteiger partial charge in [-0.15, -0.1) is 0 Å². The smallest absolute Gasteiger partial charge is 0.337 e. The van der Waals surface area contributed by atoms with Gasteiger partial charge < -0.3 is 10.8 Å². The predicted octanol–water partition coefficient (Wildman–Crippen LogP) is 0.0900. The Morgan fingerprint density at radius 1 is 1.69 bits per heavy atom. The third-order valence-corrected chi connectivity index (χ3v) is 1.38. The standard InChI is InChI=1S/C9H8N2O2/c10-4-1-2-7-6-11-5-3-8(7)9(12)13/h3,5-6H,4,10H2,(H,12,13). The molecule has 1 aromatic rings. The van der Waals surface area contributed by atoms with E-state index in [9.17, 15) is 4.79 Å². The molecular weight excluding hydrogens is 168 g/mol. The Kier molecular flexibility index (Phi) is 3.01. The number of rotatable bonds is 1. The van der Waals surface area contributed by atoms with Gasteiger partial charge in [0.05, 0.1) is 17.7 Å². The summed E-state index contributed by atoms with van der Waals surface area (Å²) in [6, 6.07) is 1.41. The Hall–Kier alpha value is -1.86. The molecule has 4 heteroatoms. The zero-order chi connectivity index (χ0) is 9.68. The van der Waals surface area contributed by atoms with E-state index in [2.05, 4.69) is 16.8 Å². The molecule has 0 radical (unpaired) electrons. The molecule has 0 aliphatic heterocycles. The lowest BCUT2D eigenvalue weighted by Gasteiger charge is -1.95. The highest BCUT2D eigenvalue weighted by atomic mass is 16.4. The van der Waals surface area contributed by atoms with Gasteiger partial charge in [-0.25, -0.2) is 4.79 Å². The maximum absolute atomic E-state index is 10.7. The fourth-order valence-corrected chi connectivity index (χ4v) is 0.827. The van der Waals surface area contributed by atoms with Crippen LogP contribution in [0.4, 0.5) is 0 Å². The molecule has 0 aliphatic rings. The second kappa shape index (κ2) is 4.24. The number of nitrogens with two attached hydrogens (primary N) is 1. The third kappa shape index (κ3) is 2.29. The molecule has 0 spiro atoms. The molecule has 0 atom stereocenters. The zero-order valence-electron chi connectivity index (χ0n) is 6.82. The Labute approximate surface area is 75.4 Å². The van der Waals surface area contributed by atoms with E-state index in [1.807, 2.05) is 0 Å². The molecule has 66 valence electrons. The highest BCUT2D eigenvalue weighted by molar-refractivity contribution is 5.90. The fraction of sp³-hybridized carbons (Fsp3) is 0.111. The van der Waals surface area contributed by atoms with Crippen LogP contribution in [0, 0.1) is 11.8 Å². The predicted molar refractivity (Wildman–Crippen MR) is 47.1 cm³/mol. The van der Waals surface area contributed by atoms with Crippen LogP contribution in [0.3, 0.4) is 0 Å². The maximum atomic E-state index is 10.7. The largest absolute Gasteiger partial charge is 0.478 e. The molecule has 0 amide bonds. The molecule has 0 bridgehead atoms. The van der Waals surface area contributed by atoms with Gasteiger partial charge in [-0.2, -0.15) is 0 Å². The average molecular weight is 176 g/mol. The van der Waals surface area contributed by atoms with Crippen molar-refractivity contribution in [3.63, 3.8) is 0 Å². The third-order valence-electron chi connectivity index (χ3n) is 1.38. The maximum Gasteiger partial charge on any atom is 0.337 e. The minimum atomic E-state index is -1.01. The first kappa shape index (κ1) is 9.23. The molecular formula is C9H8N2O2. The number of hydrogen-bond donors (Lipinski definition) is 2. The molecule has 0 fully saturated rings. The lowest BCUT2D eigenvalue weighted by Crippen LogP contribution is -2.01. The van der Waals surface area contributed by atoms with Gasteiger partial charge in [0.15, 0.2) is 0 Å². The summed E-state index contributed by atoms with van der Waals surface area (Å²) in [5.41, 5.74) is 5.70. The summed E-state index contributed by atoms with van der Waals surface area (Å²) in [5, 5.41) is 8.74. The molecule has 1 heterocycles. The summed E-state index contributed by atoms with van der Waals surface area (Å²) in [7, 11) is 0. The van der Waals surface area contributed by atoms with Gasteiger partial charge >= 0.3 is 5.97 Å². The van der Waals surface area contributed by atoms with Crippen LogP contribution in [0.2, 0.25) is 0 Å².